The predicted molar refractivity (Wildman–Crippen MR) is 64.0 cm³/mol. The Hall–Kier alpha value is -1.89. The minimum atomic E-state index is -0.629. The van der Waals surface area contributed by atoms with Crippen LogP contribution in [0.15, 0.2) is 10.9 Å². The van der Waals surface area contributed by atoms with Gasteiger partial charge in [-0.3, -0.25) is 9.59 Å². The van der Waals surface area contributed by atoms with E-state index >= 15 is 0 Å². The Labute approximate surface area is 104 Å². The highest BCUT2D eigenvalue weighted by atomic mass is 16.3. The van der Waals surface area contributed by atoms with Gasteiger partial charge in [-0.1, -0.05) is 0 Å². The van der Waals surface area contributed by atoms with Crippen LogP contribution in [-0.4, -0.2) is 45.2 Å². The molecule has 18 heavy (non-hydrogen) atoms. The van der Waals surface area contributed by atoms with Gasteiger partial charge in [0, 0.05) is 38.0 Å². The number of nitrogens with zero attached hydrogens (tertiary/aromatic N) is 2. The largest absolute Gasteiger partial charge is 0.503 e. The van der Waals surface area contributed by atoms with E-state index in [1.165, 1.54) is 6.07 Å². The van der Waals surface area contributed by atoms with Gasteiger partial charge < -0.3 is 15.7 Å². The topological polar surface area (TPSA) is 112 Å². The molecule has 2 heterocycles. The minimum Gasteiger partial charge on any atom is -0.503 e. The number of carbonyl (C=O) groups is 1. The predicted octanol–water partition coefficient (Wildman–Crippen LogP) is -1.03. The Morgan fingerprint density at radius 1 is 1.67 bits per heavy atom. The van der Waals surface area contributed by atoms with E-state index in [9.17, 15) is 14.7 Å². The van der Waals surface area contributed by atoms with Gasteiger partial charge in [-0.15, -0.1) is 0 Å². The van der Waals surface area contributed by atoms with Crippen LogP contribution in [0.1, 0.15) is 18.5 Å². The molecule has 7 nitrogen and oxygen atoms in total. The van der Waals surface area contributed by atoms with Crippen LogP contribution in [0.4, 0.5) is 0 Å². The Morgan fingerprint density at radius 3 is 3.06 bits per heavy atom. The van der Waals surface area contributed by atoms with Crippen molar-refractivity contribution in [2.45, 2.75) is 25.3 Å². The lowest BCUT2D eigenvalue weighted by Crippen LogP contribution is -2.32. The molecular formula is C11H16N4O3. The van der Waals surface area contributed by atoms with Crippen LogP contribution >= 0.6 is 0 Å². The van der Waals surface area contributed by atoms with Gasteiger partial charge in [-0.25, -0.2) is 5.10 Å². The molecule has 1 aliphatic rings. The number of aromatic nitrogens is 2. The number of rotatable bonds is 3. The molecule has 0 spiro atoms. The Bertz CT molecular complexity index is 499. The van der Waals surface area contributed by atoms with E-state index in [2.05, 4.69) is 10.2 Å². The van der Waals surface area contributed by atoms with Gasteiger partial charge in [0.05, 0.1) is 5.69 Å². The van der Waals surface area contributed by atoms with Crippen LogP contribution in [0.2, 0.25) is 0 Å². The maximum Gasteiger partial charge on any atom is 0.306 e. The van der Waals surface area contributed by atoms with Crippen LogP contribution in [0.3, 0.4) is 0 Å². The summed E-state index contributed by atoms with van der Waals surface area (Å²) < 4.78 is 0. The van der Waals surface area contributed by atoms with Crippen molar-refractivity contribution in [2.75, 3.05) is 13.1 Å². The second-order valence-corrected chi connectivity index (χ2v) is 4.46. The fraction of sp³-hybridized carbons (Fsp3) is 0.545. The van der Waals surface area contributed by atoms with Crippen LogP contribution < -0.4 is 11.3 Å². The Kier molecular flexibility index (Phi) is 3.61. The number of H-pyrrole nitrogens is 1. The van der Waals surface area contributed by atoms with Crippen molar-refractivity contribution >= 4 is 5.91 Å². The van der Waals surface area contributed by atoms with Crippen molar-refractivity contribution < 1.29 is 9.90 Å². The first kappa shape index (κ1) is 12.6. The fourth-order valence-corrected chi connectivity index (χ4v) is 1.97. The second-order valence-electron chi connectivity index (χ2n) is 4.46. The normalized spacial score (nSPS) is 19.2. The number of aromatic amines is 1. The van der Waals surface area contributed by atoms with Gasteiger partial charge >= 0.3 is 5.56 Å². The monoisotopic (exact) mass is 252 g/mol. The number of aromatic hydroxyl groups is 1. The molecule has 1 saturated heterocycles. The zero-order valence-corrected chi connectivity index (χ0v) is 9.93. The van der Waals surface area contributed by atoms with Gasteiger partial charge in [-0.2, -0.15) is 5.10 Å². The third-order valence-electron chi connectivity index (χ3n) is 3.01. The summed E-state index contributed by atoms with van der Waals surface area (Å²) in [5.41, 5.74) is 5.59. The smallest absolute Gasteiger partial charge is 0.306 e. The molecule has 1 amide bonds. The number of amides is 1. The number of likely N-dealkylation sites (tertiary alicyclic amines) is 1. The molecule has 1 aromatic rings. The van der Waals surface area contributed by atoms with Crippen molar-refractivity contribution in [3.8, 4) is 5.75 Å². The summed E-state index contributed by atoms with van der Waals surface area (Å²) in [5, 5.41) is 15.1. The number of hydrogen-bond donors (Lipinski definition) is 3. The summed E-state index contributed by atoms with van der Waals surface area (Å²) in [5.74, 6) is -0.355. The summed E-state index contributed by atoms with van der Waals surface area (Å²) in [7, 11) is 0. The zero-order valence-electron chi connectivity index (χ0n) is 9.93. The van der Waals surface area contributed by atoms with Crippen molar-refractivity contribution in [2.24, 2.45) is 5.73 Å². The van der Waals surface area contributed by atoms with Crippen LogP contribution in [0, 0.1) is 0 Å². The molecule has 98 valence electrons. The maximum atomic E-state index is 11.8. The number of hydrogen-bond acceptors (Lipinski definition) is 5. The fourth-order valence-electron chi connectivity index (χ4n) is 1.97. The van der Waals surface area contributed by atoms with Crippen LogP contribution in [-0.2, 0) is 11.2 Å². The number of carbonyl (C=O) groups excluding carboxylic acids is 1. The quantitative estimate of drug-likeness (QED) is 0.636. The van der Waals surface area contributed by atoms with E-state index in [1.54, 1.807) is 4.90 Å². The van der Waals surface area contributed by atoms with E-state index in [4.69, 9.17) is 5.73 Å². The van der Waals surface area contributed by atoms with Gasteiger partial charge in [0.15, 0.2) is 5.75 Å². The standard InChI is InChI=1S/C11H16N4O3/c12-7-3-4-15(6-7)10(17)2-1-8-5-9(16)11(18)14-13-8/h5,7H,1-4,6,12H2,(H,13,16)(H,14,18). The van der Waals surface area contributed by atoms with Crippen LogP contribution in [0.5, 0.6) is 5.75 Å². The highest BCUT2D eigenvalue weighted by Crippen LogP contribution is 2.10. The Balaban J connectivity index is 1.89. The minimum absolute atomic E-state index is 0.0236. The van der Waals surface area contributed by atoms with Gasteiger partial charge in [0.1, 0.15) is 0 Å². The number of aryl methyl sites for hydroxylation is 1. The van der Waals surface area contributed by atoms with Crippen molar-refractivity contribution in [3.05, 3.63) is 22.1 Å². The molecule has 4 N–H and O–H groups in total. The molecule has 1 unspecified atom stereocenters. The van der Waals surface area contributed by atoms with E-state index in [0.717, 1.165) is 6.42 Å². The average Bonchev–Trinajstić information content (AvgIpc) is 2.77. The molecule has 1 aromatic heterocycles. The first-order chi connectivity index (χ1) is 8.56. The first-order valence-corrected chi connectivity index (χ1v) is 5.87. The third kappa shape index (κ3) is 2.86. The lowest BCUT2D eigenvalue weighted by molar-refractivity contribution is -0.130. The summed E-state index contributed by atoms with van der Waals surface area (Å²) >= 11 is 0. The molecule has 1 aliphatic heterocycles. The number of nitrogens with one attached hydrogen (secondary N) is 1. The molecule has 2 rings (SSSR count). The Morgan fingerprint density at radius 2 is 2.44 bits per heavy atom. The highest BCUT2D eigenvalue weighted by Gasteiger charge is 2.23. The van der Waals surface area contributed by atoms with E-state index in [0.29, 0.717) is 31.6 Å². The average molecular weight is 252 g/mol. The SMILES string of the molecule is NC1CCN(C(=O)CCc2cc(O)c(=O)[nH]n2)C1. The number of nitrogens with two attached hydrogens (primary N) is 1. The van der Waals surface area contributed by atoms with E-state index in [-0.39, 0.29) is 17.7 Å². The third-order valence-corrected chi connectivity index (χ3v) is 3.01. The molecule has 0 aromatic carbocycles. The van der Waals surface area contributed by atoms with Crippen LogP contribution in [0.25, 0.3) is 0 Å². The highest BCUT2D eigenvalue weighted by molar-refractivity contribution is 5.76. The molecule has 0 radical (unpaired) electrons. The van der Waals surface area contributed by atoms with Gasteiger partial charge in [-0.05, 0) is 6.42 Å². The lowest BCUT2D eigenvalue weighted by Gasteiger charge is -2.15. The van der Waals surface area contributed by atoms with Crippen molar-refractivity contribution in [3.63, 3.8) is 0 Å². The maximum absolute atomic E-state index is 11.8. The summed E-state index contributed by atoms with van der Waals surface area (Å²) in [4.78, 5) is 24.5. The first-order valence-electron chi connectivity index (χ1n) is 5.87. The van der Waals surface area contributed by atoms with Gasteiger partial charge in [0.2, 0.25) is 5.91 Å². The molecule has 1 atom stereocenters. The molecule has 1 fully saturated rings. The second kappa shape index (κ2) is 5.18. The van der Waals surface area contributed by atoms with Gasteiger partial charge in [0.25, 0.3) is 0 Å². The van der Waals surface area contributed by atoms with Crippen molar-refractivity contribution in [1.82, 2.24) is 15.1 Å². The zero-order chi connectivity index (χ0) is 13.1. The lowest BCUT2D eigenvalue weighted by atomic mass is 10.2. The summed E-state index contributed by atoms with van der Waals surface area (Å²) in [6.07, 6.45) is 1.52. The van der Waals surface area contributed by atoms with E-state index in [1.807, 2.05) is 0 Å². The molecule has 0 bridgehead atoms. The van der Waals surface area contributed by atoms with Crippen molar-refractivity contribution in [1.29, 1.82) is 0 Å². The molecular weight excluding hydrogens is 236 g/mol. The summed E-state index contributed by atoms with van der Waals surface area (Å²) in [6, 6.07) is 1.35. The molecule has 0 saturated carbocycles. The summed E-state index contributed by atoms with van der Waals surface area (Å²) in [6.45, 7) is 1.30. The van der Waals surface area contributed by atoms with E-state index < -0.39 is 5.56 Å². The molecule has 0 aliphatic carbocycles. The molecule has 7 heteroatoms.